The molecule has 25 heavy (non-hydrogen) atoms. The molecule has 126 valence electrons. The van der Waals surface area contributed by atoms with E-state index in [-0.39, 0.29) is 5.69 Å². The molecular formula is C19H15ClFN3O. The van der Waals surface area contributed by atoms with Gasteiger partial charge < -0.3 is 10.6 Å². The van der Waals surface area contributed by atoms with Gasteiger partial charge in [-0.3, -0.25) is 4.79 Å². The molecule has 4 nitrogen and oxygen atoms in total. The van der Waals surface area contributed by atoms with E-state index in [2.05, 4.69) is 15.6 Å². The highest BCUT2D eigenvalue weighted by molar-refractivity contribution is 6.31. The van der Waals surface area contributed by atoms with Crippen LogP contribution in [0.5, 0.6) is 0 Å². The number of rotatable bonds is 5. The minimum atomic E-state index is -0.484. The average molecular weight is 356 g/mol. The molecule has 0 saturated heterocycles. The molecule has 0 bridgehead atoms. The third kappa shape index (κ3) is 4.33. The summed E-state index contributed by atoms with van der Waals surface area (Å²) in [4.78, 5) is 16.3. The molecule has 3 rings (SSSR count). The molecule has 3 aromatic rings. The maximum Gasteiger partial charge on any atom is 0.257 e. The van der Waals surface area contributed by atoms with Gasteiger partial charge in [-0.1, -0.05) is 41.9 Å². The first kappa shape index (κ1) is 16.9. The van der Waals surface area contributed by atoms with Gasteiger partial charge >= 0.3 is 0 Å². The standard InChI is InChI=1S/C19H15ClFN3O/c20-15-6-2-1-5-13(15)11-22-18-10-9-14(12-23-18)19(25)24-17-8-4-3-7-16(17)21/h1-10,12H,11H2,(H,22,23)(H,24,25). The Morgan fingerprint density at radius 2 is 1.80 bits per heavy atom. The van der Waals surface area contributed by atoms with Crippen molar-refractivity contribution in [3.8, 4) is 0 Å². The van der Waals surface area contributed by atoms with Crippen molar-refractivity contribution in [1.29, 1.82) is 0 Å². The van der Waals surface area contributed by atoms with E-state index in [1.165, 1.54) is 18.3 Å². The van der Waals surface area contributed by atoms with Crippen LogP contribution in [0, 0.1) is 5.82 Å². The monoisotopic (exact) mass is 355 g/mol. The van der Waals surface area contributed by atoms with E-state index in [9.17, 15) is 9.18 Å². The quantitative estimate of drug-likeness (QED) is 0.695. The molecule has 0 unspecified atom stereocenters. The third-order valence-corrected chi connectivity index (χ3v) is 3.93. The molecule has 0 saturated carbocycles. The Morgan fingerprint density at radius 3 is 2.52 bits per heavy atom. The molecule has 2 aromatic carbocycles. The van der Waals surface area contributed by atoms with E-state index in [4.69, 9.17) is 11.6 Å². The molecule has 0 aliphatic rings. The number of benzene rings is 2. The Hall–Kier alpha value is -2.92. The Morgan fingerprint density at radius 1 is 1.04 bits per heavy atom. The second-order valence-electron chi connectivity index (χ2n) is 5.31. The minimum absolute atomic E-state index is 0.133. The van der Waals surface area contributed by atoms with Crippen molar-refractivity contribution < 1.29 is 9.18 Å². The number of hydrogen-bond acceptors (Lipinski definition) is 3. The fourth-order valence-corrected chi connectivity index (χ4v) is 2.42. The van der Waals surface area contributed by atoms with Gasteiger partial charge in [0.2, 0.25) is 0 Å². The van der Waals surface area contributed by atoms with Crippen LogP contribution in [0.1, 0.15) is 15.9 Å². The molecule has 1 aromatic heterocycles. The highest BCUT2D eigenvalue weighted by Crippen LogP contribution is 2.17. The number of nitrogens with one attached hydrogen (secondary N) is 2. The largest absolute Gasteiger partial charge is 0.366 e. The van der Waals surface area contributed by atoms with Gasteiger partial charge in [-0.25, -0.2) is 9.37 Å². The van der Waals surface area contributed by atoms with E-state index in [0.717, 1.165) is 5.56 Å². The molecule has 0 spiro atoms. The van der Waals surface area contributed by atoms with E-state index >= 15 is 0 Å². The van der Waals surface area contributed by atoms with E-state index < -0.39 is 11.7 Å². The van der Waals surface area contributed by atoms with Gasteiger partial charge in [-0.2, -0.15) is 0 Å². The van der Waals surface area contributed by atoms with Gasteiger partial charge in [-0.15, -0.1) is 0 Å². The molecule has 2 N–H and O–H groups in total. The Balaban J connectivity index is 1.63. The number of aromatic nitrogens is 1. The lowest BCUT2D eigenvalue weighted by Crippen LogP contribution is -2.13. The van der Waals surface area contributed by atoms with Crippen LogP contribution in [0.15, 0.2) is 66.9 Å². The zero-order valence-corrected chi connectivity index (χ0v) is 13.9. The van der Waals surface area contributed by atoms with Crippen LogP contribution in [0.4, 0.5) is 15.9 Å². The van der Waals surface area contributed by atoms with E-state index in [1.54, 1.807) is 24.3 Å². The molecule has 6 heteroatoms. The van der Waals surface area contributed by atoms with Gasteiger partial charge in [0, 0.05) is 17.8 Å². The van der Waals surface area contributed by atoms with Crippen LogP contribution < -0.4 is 10.6 Å². The summed E-state index contributed by atoms with van der Waals surface area (Å²) in [5.41, 5.74) is 1.42. The van der Waals surface area contributed by atoms with Gasteiger partial charge in [0.1, 0.15) is 11.6 Å². The summed E-state index contributed by atoms with van der Waals surface area (Å²) >= 11 is 6.10. The maximum absolute atomic E-state index is 13.6. The summed E-state index contributed by atoms with van der Waals surface area (Å²) in [5.74, 6) is -0.292. The normalized spacial score (nSPS) is 10.3. The lowest BCUT2D eigenvalue weighted by molar-refractivity contribution is 0.102. The fourth-order valence-electron chi connectivity index (χ4n) is 2.22. The molecule has 0 radical (unpaired) electrons. The lowest BCUT2D eigenvalue weighted by Gasteiger charge is -2.09. The predicted octanol–water partition coefficient (Wildman–Crippen LogP) is 4.74. The average Bonchev–Trinajstić information content (AvgIpc) is 2.63. The number of anilines is 2. The summed E-state index contributed by atoms with van der Waals surface area (Å²) in [7, 11) is 0. The van der Waals surface area contributed by atoms with Gasteiger partial charge in [0.25, 0.3) is 5.91 Å². The summed E-state index contributed by atoms with van der Waals surface area (Å²) in [6.45, 7) is 0.521. The number of carbonyl (C=O) groups is 1. The highest BCUT2D eigenvalue weighted by Gasteiger charge is 2.09. The number of halogens is 2. The number of pyridine rings is 1. The minimum Gasteiger partial charge on any atom is -0.366 e. The van der Waals surface area contributed by atoms with Crippen molar-refractivity contribution in [2.24, 2.45) is 0 Å². The van der Waals surface area contributed by atoms with Crippen LogP contribution in [0.2, 0.25) is 5.02 Å². The van der Waals surface area contributed by atoms with Crippen molar-refractivity contribution in [2.75, 3.05) is 10.6 Å². The van der Waals surface area contributed by atoms with Crippen molar-refractivity contribution in [3.63, 3.8) is 0 Å². The molecule has 0 fully saturated rings. The van der Waals surface area contributed by atoms with E-state index in [1.807, 2.05) is 24.3 Å². The number of para-hydroxylation sites is 1. The van der Waals surface area contributed by atoms with Crippen molar-refractivity contribution in [2.45, 2.75) is 6.54 Å². The summed E-state index contributed by atoms with van der Waals surface area (Å²) < 4.78 is 13.6. The van der Waals surface area contributed by atoms with Crippen molar-refractivity contribution in [1.82, 2.24) is 4.98 Å². The summed E-state index contributed by atoms with van der Waals surface area (Å²) in [6, 6.07) is 16.8. The zero-order chi connectivity index (χ0) is 17.6. The summed E-state index contributed by atoms with van der Waals surface area (Å²) in [6.07, 6.45) is 1.44. The van der Waals surface area contributed by atoms with Crippen LogP contribution >= 0.6 is 11.6 Å². The lowest BCUT2D eigenvalue weighted by atomic mass is 10.2. The smallest absolute Gasteiger partial charge is 0.257 e. The first-order valence-corrected chi connectivity index (χ1v) is 8.00. The third-order valence-electron chi connectivity index (χ3n) is 3.57. The number of hydrogen-bond donors (Lipinski definition) is 2. The molecule has 1 heterocycles. The molecule has 0 aliphatic carbocycles. The van der Waals surface area contributed by atoms with Crippen molar-refractivity contribution in [3.05, 3.63) is 88.8 Å². The van der Waals surface area contributed by atoms with Crippen molar-refractivity contribution >= 4 is 29.0 Å². The summed E-state index contributed by atoms with van der Waals surface area (Å²) in [5, 5.41) is 6.34. The Bertz CT molecular complexity index is 884. The van der Waals surface area contributed by atoms with Gasteiger partial charge in [0.05, 0.1) is 11.3 Å². The molecule has 0 aliphatic heterocycles. The fraction of sp³-hybridized carbons (Fsp3) is 0.0526. The second-order valence-corrected chi connectivity index (χ2v) is 5.72. The second kappa shape index (κ2) is 7.77. The molecule has 0 atom stereocenters. The SMILES string of the molecule is O=C(Nc1ccccc1F)c1ccc(NCc2ccccc2Cl)nc1. The first-order valence-electron chi connectivity index (χ1n) is 7.63. The maximum atomic E-state index is 13.6. The van der Waals surface area contributed by atoms with Crippen LogP contribution in [0.3, 0.4) is 0 Å². The topological polar surface area (TPSA) is 54.0 Å². The highest BCUT2D eigenvalue weighted by atomic mass is 35.5. The number of carbonyl (C=O) groups excluding carboxylic acids is 1. The Kier molecular flexibility index (Phi) is 5.26. The predicted molar refractivity (Wildman–Crippen MR) is 97.4 cm³/mol. The number of nitrogens with zero attached hydrogens (tertiary/aromatic N) is 1. The first-order chi connectivity index (χ1) is 12.1. The zero-order valence-electron chi connectivity index (χ0n) is 13.2. The molecule has 1 amide bonds. The van der Waals surface area contributed by atoms with Crippen LogP contribution in [0.25, 0.3) is 0 Å². The van der Waals surface area contributed by atoms with Gasteiger partial charge in [-0.05, 0) is 35.9 Å². The Labute approximate surface area is 149 Å². The number of amides is 1. The molecular weight excluding hydrogens is 341 g/mol. The van der Waals surface area contributed by atoms with E-state index in [0.29, 0.717) is 22.9 Å². The van der Waals surface area contributed by atoms with Gasteiger partial charge in [0.15, 0.2) is 0 Å². The van der Waals surface area contributed by atoms with Crippen LogP contribution in [-0.4, -0.2) is 10.9 Å². The van der Waals surface area contributed by atoms with Crippen LogP contribution in [-0.2, 0) is 6.54 Å².